The number of hydrogen-bond donors (Lipinski definition) is 4. The fraction of sp³-hybridized carbons (Fsp3) is 0.409. The summed E-state index contributed by atoms with van der Waals surface area (Å²) in [4.78, 5) is 18.7. The molecular formula is C22H26ClN5O2. The predicted molar refractivity (Wildman–Crippen MR) is 117 cm³/mol. The van der Waals surface area contributed by atoms with Crippen LogP contribution in [0, 0.1) is 12.3 Å². The summed E-state index contributed by atoms with van der Waals surface area (Å²) in [5.41, 5.74) is 1.62. The molecule has 30 heavy (non-hydrogen) atoms. The van der Waals surface area contributed by atoms with E-state index in [2.05, 4.69) is 15.6 Å². The third-order valence-corrected chi connectivity index (χ3v) is 6.32. The van der Waals surface area contributed by atoms with Crippen molar-refractivity contribution in [1.82, 2.24) is 15.2 Å². The van der Waals surface area contributed by atoms with Crippen molar-refractivity contribution in [2.24, 2.45) is 0 Å². The van der Waals surface area contributed by atoms with E-state index < -0.39 is 11.1 Å². The van der Waals surface area contributed by atoms with E-state index in [1.807, 2.05) is 44.2 Å². The van der Waals surface area contributed by atoms with Gasteiger partial charge in [-0.2, -0.15) is 0 Å². The summed E-state index contributed by atoms with van der Waals surface area (Å²) >= 11 is 6.73. The number of benzene rings is 1. The first-order valence-electron chi connectivity index (χ1n) is 9.98. The number of carbonyl (C=O) groups is 1. The third kappa shape index (κ3) is 3.75. The van der Waals surface area contributed by atoms with Gasteiger partial charge in [0, 0.05) is 11.7 Å². The Labute approximate surface area is 181 Å². The predicted octanol–water partition coefficient (Wildman–Crippen LogP) is 3.67. The molecule has 0 radical (unpaired) electrons. The number of halogens is 1. The number of amides is 1. The molecule has 0 bridgehead atoms. The molecule has 2 aliphatic rings. The van der Waals surface area contributed by atoms with Gasteiger partial charge in [-0.15, -0.1) is 0 Å². The lowest BCUT2D eigenvalue weighted by atomic mass is 9.75. The highest BCUT2D eigenvalue weighted by molar-refractivity contribution is 6.34. The number of aromatic nitrogens is 1. The minimum atomic E-state index is -0.808. The Morgan fingerprint density at radius 2 is 2.03 bits per heavy atom. The molecule has 0 spiro atoms. The van der Waals surface area contributed by atoms with Crippen LogP contribution in [0.5, 0.6) is 0 Å². The third-order valence-electron chi connectivity index (χ3n) is 5.91. The first kappa shape index (κ1) is 20.6. The van der Waals surface area contributed by atoms with Crippen LogP contribution in [0.25, 0.3) is 0 Å². The van der Waals surface area contributed by atoms with Crippen LogP contribution < -0.4 is 10.6 Å². The summed E-state index contributed by atoms with van der Waals surface area (Å²) in [6.45, 7) is 5.56. The Balaban J connectivity index is 1.57. The Kier molecular flexibility index (Phi) is 4.98. The fourth-order valence-corrected chi connectivity index (χ4v) is 4.70. The van der Waals surface area contributed by atoms with E-state index in [1.54, 1.807) is 13.1 Å². The lowest BCUT2D eigenvalue weighted by molar-refractivity contribution is -0.139. The number of rotatable bonds is 4. The van der Waals surface area contributed by atoms with Crippen molar-refractivity contribution in [3.63, 3.8) is 0 Å². The lowest BCUT2D eigenvalue weighted by Gasteiger charge is -2.50. The van der Waals surface area contributed by atoms with Crippen LogP contribution in [0.2, 0.25) is 5.02 Å². The molecule has 1 amide bonds. The van der Waals surface area contributed by atoms with Gasteiger partial charge < -0.3 is 15.7 Å². The molecule has 0 unspecified atom stereocenters. The molecule has 1 atom stereocenters. The molecule has 1 aromatic carbocycles. The largest absolute Gasteiger partial charge is 0.390 e. The van der Waals surface area contributed by atoms with Crippen LogP contribution in [0.4, 0.5) is 11.4 Å². The van der Waals surface area contributed by atoms with Gasteiger partial charge in [-0.1, -0.05) is 23.7 Å². The summed E-state index contributed by atoms with van der Waals surface area (Å²) < 4.78 is 0. The maximum absolute atomic E-state index is 13.0. The van der Waals surface area contributed by atoms with Crippen molar-refractivity contribution in [2.75, 3.05) is 5.32 Å². The zero-order valence-corrected chi connectivity index (χ0v) is 18.0. The molecule has 8 heteroatoms. The number of guanidine groups is 1. The average Bonchev–Trinajstić information content (AvgIpc) is 2.63. The van der Waals surface area contributed by atoms with Gasteiger partial charge in [0.1, 0.15) is 0 Å². The number of carbonyl (C=O) groups excluding carboxylic acids is 1. The monoisotopic (exact) mass is 427 g/mol. The van der Waals surface area contributed by atoms with Crippen LogP contribution in [0.15, 0.2) is 36.5 Å². The number of pyridine rings is 1. The average molecular weight is 428 g/mol. The molecule has 2 fully saturated rings. The molecule has 2 heterocycles. The van der Waals surface area contributed by atoms with Gasteiger partial charge in [-0.3, -0.25) is 20.1 Å². The Bertz CT molecular complexity index is 979. The second kappa shape index (κ2) is 7.25. The van der Waals surface area contributed by atoms with E-state index >= 15 is 0 Å². The van der Waals surface area contributed by atoms with Crippen molar-refractivity contribution < 1.29 is 9.90 Å². The fourth-order valence-electron chi connectivity index (χ4n) is 4.32. The van der Waals surface area contributed by atoms with Crippen molar-refractivity contribution in [1.29, 1.82) is 5.41 Å². The quantitative estimate of drug-likeness (QED) is 0.596. The minimum absolute atomic E-state index is 0.0476. The van der Waals surface area contributed by atoms with E-state index in [0.717, 1.165) is 16.9 Å². The summed E-state index contributed by atoms with van der Waals surface area (Å²) in [5.74, 6) is -0.0923. The number of hydrogen-bond acceptors (Lipinski definition) is 5. The van der Waals surface area contributed by atoms with E-state index in [0.29, 0.717) is 23.6 Å². The Hall–Kier alpha value is -2.64. The highest BCUT2D eigenvalue weighted by atomic mass is 35.5. The van der Waals surface area contributed by atoms with Crippen molar-refractivity contribution >= 4 is 34.8 Å². The van der Waals surface area contributed by atoms with Gasteiger partial charge in [-0.25, -0.2) is 0 Å². The molecule has 1 aliphatic heterocycles. The number of nitrogens with one attached hydrogen (secondary N) is 3. The zero-order valence-electron chi connectivity index (χ0n) is 17.3. The van der Waals surface area contributed by atoms with E-state index in [9.17, 15) is 9.90 Å². The first-order valence-corrected chi connectivity index (χ1v) is 10.4. The maximum Gasteiger partial charge on any atom is 0.232 e. The zero-order chi connectivity index (χ0) is 21.7. The topological polar surface area (TPSA) is 101 Å². The summed E-state index contributed by atoms with van der Waals surface area (Å²) in [7, 11) is 0. The van der Waals surface area contributed by atoms with Crippen LogP contribution in [0.3, 0.4) is 0 Å². The maximum atomic E-state index is 13.0. The van der Waals surface area contributed by atoms with Crippen molar-refractivity contribution in [3.05, 3.63) is 52.8 Å². The number of anilines is 2. The first-order chi connectivity index (χ1) is 14.1. The lowest BCUT2D eigenvalue weighted by Crippen LogP contribution is -2.66. The van der Waals surface area contributed by atoms with E-state index in [-0.39, 0.29) is 24.3 Å². The molecule has 158 valence electrons. The second-order valence-electron chi connectivity index (χ2n) is 8.79. The normalized spacial score (nSPS) is 28.7. The van der Waals surface area contributed by atoms with Crippen LogP contribution in [0.1, 0.15) is 44.4 Å². The highest BCUT2D eigenvalue weighted by Crippen LogP contribution is 2.41. The summed E-state index contributed by atoms with van der Waals surface area (Å²) in [6, 6.07) is 9.32. The van der Waals surface area contributed by atoms with Crippen molar-refractivity contribution in [3.8, 4) is 0 Å². The second-order valence-corrected chi connectivity index (χ2v) is 9.16. The van der Waals surface area contributed by atoms with Gasteiger partial charge in [0.2, 0.25) is 5.91 Å². The molecule has 1 saturated heterocycles. The summed E-state index contributed by atoms with van der Waals surface area (Å²) in [6.07, 6.45) is 2.86. The highest BCUT2D eigenvalue weighted by Gasteiger charge is 2.49. The number of aryl methyl sites for hydroxylation is 1. The van der Waals surface area contributed by atoms with Crippen LogP contribution >= 0.6 is 11.6 Å². The Morgan fingerprint density at radius 3 is 2.63 bits per heavy atom. The summed E-state index contributed by atoms with van der Waals surface area (Å²) in [5, 5.41) is 25.4. The Morgan fingerprint density at radius 1 is 1.30 bits per heavy atom. The molecule has 1 aliphatic carbocycles. The van der Waals surface area contributed by atoms with E-state index in [4.69, 9.17) is 17.0 Å². The van der Waals surface area contributed by atoms with Gasteiger partial charge in [0.05, 0.1) is 40.2 Å². The molecule has 2 aromatic rings. The minimum Gasteiger partial charge on any atom is -0.390 e. The van der Waals surface area contributed by atoms with Gasteiger partial charge in [0.15, 0.2) is 5.96 Å². The number of aliphatic hydroxyl groups is 1. The smallest absolute Gasteiger partial charge is 0.232 e. The molecule has 1 saturated carbocycles. The van der Waals surface area contributed by atoms with Crippen LogP contribution in [-0.2, 0) is 10.3 Å². The van der Waals surface area contributed by atoms with Crippen molar-refractivity contribution in [2.45, 2.75) is 57.2 Å². The molecule has 1 aromatic heterocycles. The standard InChI is InChI=1S/C22H26ClN5O2/c1-13-7-8-14(12-25-13)26-17-6-4-5-16(19(17)23)22(3)11-18(29)28(20(24)27-22)15-9-21(2,30)10-15/h4-8,12,15,26,30H,9-11H2,1-3H3,(H2,24,27)/t15-,21+,22-/m0/s1. The number of nitrogens with zero attached hydrogens (tertiary/aromatic N) is 2. The molecule has 4 N–H and O–H groups in total. The van der Waals surface area contributed by atoms with E-state index in [1.165, 1.54) is 4.90 Å². The van der Waals surface area contributed by atoms with Gasteiger partial charge in [-0.05, 0) is 57.4 Å². The molecular weight excluding hydrogens is 402 g/mol. The van der Waals surface area contributed by atoms with Gasteiger partial charge in [0.25, 0.3) is 0 Å². The van der Waals surface area contributed by atoms with Crippen LogP contribution in [-0.4, -0.2) is 38.5 Å². The molecule has 4 rings (SSSR count). The SMILES string of the molecule is Cc1ccc(Nc2cccc([C@]3(C)CC(=O)N([C@H]4C[C@@](C)(O)C4)C(=N)N3)c2Cl)cn1. The molecule has 7 nitrogen and oxygen atoms in total. The van der Waals surface area contributed by atoms with Gasteiger partial charge >= 0.3 is 0 Å².